The van der Waals surface area contributed by atoms with Crippen LogP contribution < -0.4 is 15.5 Å². The molecule has 0 amide bonds. The van der Waals surface area contributed by atoms with Crippen LogP contribution >= 0.6 is 35.6 Å². The smallest absolute Gasteiger partial charge is 0.191 e. The van der Waals surface area contributed by atoms with Gasteiger partial charge in [-0.2, -0.15) is 0 Å². The molecule has 0 aromatic heterocycles. The summed E-state index contributed by atoms with van der Waals surface area (Å²) in [7, 11) is 1.85. The van der Waals surface area contributed by atoms with E-state index < -0.39 is 0 Å². The lowest BCUT2D eigenvalue weighted by Crippen LogP contribution is -2.41. The minimum absolute atomic E-state index is 0. The molecule has 2 fully saturated rings. The largest absolute Gasteiger partial charge is 0.371 e. The molecule has 0 bridgehead atoms. The van der Waals surface area contributed by atoms with Gasteiger partial charge in [-0.3, -0.25) is 4.99 Å². The van der Waals surface area contributed by atoms with Crippen molar-refractivity contribution in [2.24, 2.45) is 16.8 Å². The van der Waals surface area contributed by atoms with Crippen molar-refractivity contribution >= 4 is 47.2 Å². The molecule has 1 saturated heterocycles. The molecule has 0 spiro atoms. The number of halogens is 2. The van der Waals surface area contributed by atoms with Crippen LogP contribution in [0.2, 0.25) is 5.02 Å². The van der Waals surface area contributed by atoms with E-state index in [0.29, 0.717) is 12.0 Å². The number of hydrogen-bond donors (Lipinski definition) is 2. The van der Waals surface area contributed by atoms with Gasteiger partial charge >= 0.3 is 0 Å². The highest BCUT2D eigenvalue weighted by Crippen LogP contribution is 2.30. The molecule has 1 aromatic rings. The van der Waals surface area contributed by atoms with Gasteiger partial charge in [0.05, 0.1) is 0 Å². The van der Waals surface area contributed by atoms with E-state index in [9.17, 15) is 0 Å². The standard InChI is InChI=1S/C18H27ClN4.HI/c1-12-4-5-15(19)9-17(12)23-7-6-14(11-23)10-21-18(20-3)22-16-8-13(16)2;/h4-5,9,13-14,16H,6-8,10-11H2,1-3H3,(H2,20,21,22);1H. The fourth-order valence-electron chi connectivity index (χ4n) is 3.28. The molecular weight excluding hydrogens is 435 g/mol. The van der Waals surface area contributed by atoms with Crippen LogP contribution in [0.15, 0.2) is 23.2 Å². The van der Waals surface area contributed by atoms with E-state index in [1.807, 2.05) is 13.1 Å². The maximum absolute atomic E-state index is 6.16. The number of aliphatic imine (C=N–C) groups is 1. The lowest BCUT2D eigenvalue weighted by molar-refractivity contribution is 0.564. The van der Waals surface area contributed by atoms with Crippen molar-refractivity contribution in [3.05, 3.63) is 28.8 Å². The molecule has 1 aliphatic carbocycles. The molecule has 0 radical (unpaired) electrons. The van der Waals surface area contributed by atoms with Gasteiger partial charge in [0.2, 0.25) is 0 Å². The monoisotopic (exact) mass is 462 g/mol. The van der Waals surface area contributed by atoms with Crippen LogP contribution in [0, 0.1) is 18.8 Å². The van der Waals surface area contributed by atoms with Crippen LogP contribution in [0.25, 0.3) is 0 Å². The molecule has 2 N–H and O–H groups in total. The maximum Gasteiger partial charge on any atom is 0.191 e. The number of rotatable bonds is 4. The molecule has 1 saturated carbocycles. The highest BCUT2D eigenvalue weighted by molar-refractivity contribution is 14.0. The van der Waals surface area contributed by atoms with Gasteiger partial charge in [-0.25, -0.2) is 0 Å². The van der Waals surface area contributed by atoms with Crippen molar-refractivity contribution in [1.82, 2.24) is 10.6 Å². The maximum atomic E-state index is 6.16. The number of anilines is 1. The summed E-state index contributed by atoms with van der Waals surface area (Å²) in [5.74, 6) is 2.36. The van der Waals surface area contributed by atoms with Gasteiger partial charge in [-0.05, 0) is 49.3 Å². The molecule has 134 valence electrons. The van der Waals surface area contributed by atoms with Crippen LogP contribution in [0.3, 0.4) is 0 Å². The van der Waals surface area contributed by atoms with E-state index >= 15 is 0 Å². The minimum atomic E-state index is 0. The zero-order valence-electron chi connectivity index (χ0n) is 14.7. The average Bonchev–Trinajstić information content (AvgIpc) is 3.03. The average molecular weight is 463 g/mol. The van der Waals surface area contributed by atoms with Crippen molar-refractivity contribution in [1.29, 1.82) is 0 Å². The Bertz CT molecular complexity index is 592. The summed E-state index contributed by atoms with van der Waals surface area (Å²) in [6.45, 7) is 7.56. The summed E-state index contributed by atoms with van der Waals surface area (Å²) >= 11 is 6.16. The molecule has 1 aliphatic heterocycles. The van der Waals surface area contributed by atoms with Crippen molar-refractivity contribution < 1.29 is 0 Å². The molecule has 3 atom stereocenters. The molecule has 3 rings (SSSR count). The fraction of sp³-hybridized carbons (Fsp3) is 0.611. The van der Waals surface area contributed by atoms with E-state index in [0.717, 1.165) is 36.5 Å². The molecule has 6 heteroatoms. The van der Waals surface area contributed by atoms with E-state index in [4.69, 9.17) is 11.6 Å². The first-order valence-corrected chi connectivity index (χ1v) is 8.93. The first-order chi connectivity index (χ1) is 11.1. The van der Waals surface area contributed by atoms with Gasteiger partial charge in [-0.15, -0.1) is 24.0 Å². The molecule has 2 aliphatic rings. The second kappa shape index (κ2) is 8.61. The Morgan fingerprint density at radius 3 is 2.83 bits per heavy atom. The van der Waals surface area contributed by atoms with Crippen molar-refractivity contribution in [3.63, 3.8) is 0 Å². The topological polar surface area (TPSA) is 39.7 Å². The highest BCUT2D eigenvalue weighted by atomic mass is 127. The Morgan fingerprint density at radius 1 is 1.42 bits per heavy atom. The summed E-state index contributed by atoms with van der Waals surface area (Å²) in [4.78, 5) is 6.78. The van der Waals surface area contributed by atoms with E-state index in [2.05, 4.69) is 46.5 Å². The molecule has 3 unspecified atom stereocenters. The molecule has 24 heavy (non-hydrogen) atoms. The Morgan fingerprint density at radius 2 is 2.17 bits per heavy atom. The molecule has 1 aromatic carbocycles. The third-order valence-electron chi connectivity index (χ3n) is 5.01. The first-order valence-electron chi connectivity index (χ1n) is 8.55. The normalized spacial score (nSPS) is 26.1. The second-order valence-corrected chi connectivity index (χ2v) is 7.38. The zero-order valence-corrected chi connectivity index (χ0v) is 17.8. The van der Waals surface area contributed by atoms with Crippen LogP contribution in [-0.4, -0.2) is 38.7 Å². The summed E-state index contributed by atoms with van der Waals surface area (Å²) < 4.78 is 0. The lowest BCUT2D eigenvalue weighted by atomic mass is 10.1. The Hall–Kier alpha value is -0.690. The number of aryl methyl sites for hydroxylation is 1. The number of benzene rings is 1. The van der Waals surface area contributed by atoms with Gasteiger partial charge in [0.15, 0.2) is 5.96 Å². The lowest BCUT2D eigenvalue weighted by Gasteiger charge is -2.21. The third kappa shape index (κ3) is 4.91. The molecule has 4 nitrogen and oxygen atoms in total. The van der Waals surface area contributed by atoms with Gasteiger partial charge in [0.1, 0.15) is 0 Å². The summed E-state index contributed by atoms with van der Waals surface area (Å²) in [5, 5.41) is 7.78. The Balaban J connectivity index is 0.00000208. The minimum Gasteiger partial charge on any atom is -0.371 e. The highest BCUT2D eigenvalue weighted by Gasteiger charge is 2.33. The number of guanidine groups is 1. The van der Waals surface area contributed by atoms with Crippen LogP contribution in [0.1, 0.15) is 25.3 Å². The summed E-state index contributed by atoms with van der Waals surface area (Å²) in [6.07, 6.45) is 2.46. The van der Waals surface area contributed by atoms with Crippen LogP contribution in [0.4, 0.5) is 5.69 Å². The summed E-state index contributed by atoms with van der Waals surface area (Å²) in [6, 6.07) is 6.76. The van der Waals surface area contributed by atoms with Crippen molar-refractivity contribution in [2.45, 2.75) is 32.7 Å². The van der Waals surface area contributed by atoms with Gasteiger partial charge in [0.25, 0.3) is 0 Å². The first kappa shape index (κ1) is 19.6. The molecular formula is C18H28ClIN4. The zero-order chi connectivity index (χ0) is 16.4. The predicted molar refractivity (Wildman–Crippen MR) is 114 cm³/mol. The summed E-state index contributed by atoms with van der Waals surface area (Å²) in [5.41, 5.74) is 2.57. The van der Waals surface area contributed by atoms with Crippen molar-refractivity contribution in [2.75, 3.05) is 31.6 Å². The predicted octanol–water partition coefficient (Wildman–Crippen LogP) is 3.67. The number of hydrogen-bond acceptors (Lipinski definition) is 2. The van der Waals surface area contributed by atoms with Gasteiger partial charge in [0, 0.05) is 43.4 Å². The van der Waals surface area contributed by atoms with Crippen molar-refractivity contribution in [3.8, 4) is 0 Å². The quantitative estimate of drug-likeness (QED) is 0.407. The third-order valence-corrected chi connectivity index (χ3v) is 5.25. The Kier molecular flexibility index (Phi) is 7.04. The van der Waals surface area contributed by atoms with Crippen LogP contribution in [0.5, 0.6) is 0 Å². The number of nitrogens with one attached hydrogen (secondary N) is 2. The van der Waals surface area contributed by atoms with Crippen LogP contribution in [-0.2, 0) is 0 Å². The van der Waals surface area contributed by atoms with E-state index in [1.165, 1.54) is 24.1 Å². The SMILES string of the molecule is CN=C(NCC1CCN(c2cc(Cl)ccc2C)C1)NC1CC1C.I. The van der Waals surface area contributed by atoms with Gasteiger partial charge < -0.3 is 15.5 Å². The Labute approximate surface area is 167 Å². The van der Waals surface area contributed by atoms with E-state index in [-0.39, 0.29) is 24.0 Å². The van der Waals surface area contributed by atoms with E-state index in [1.54, 1.807) is 0 Å². The fourth-order valence-corrected chi connectivity index (χ4v) is 3.44. The number of nitrogens with zero attached hydrogens (tertiary/aromatic N) is 2. The van der Waals surface area contributed by atoms with Gasteiger partial charge in [-0.1, -0.05) is 24.6 Å². The second-order valence-electron chi connectivity index (χ2n) is 6.95. The molecule has 1 heterocycles.